The highest BCUT2D eigenvalue weighted by Gasteiger charge is 2.40. The molecule has 2 aliphatic rings. The van der Waals surface area contributed by atoms with Crippen molar-refractivity contribution in [2.75, 3.05) is 19.7 Å². The molecule has 1 atom stereocenters. The second-order valence-corrected chi connectivity index (χ2v) is 8.92. The number of rotatable bonds is 7. The van der Waals surface area contributed by atoms with E-state index in [0.29, 0.717) is 6.04 Å². The summed E-state index contributed by atoms with van der Waals surface area (Å²) in [5.41, 5.74) is 0.117. The Bertz CT molecular complexity index is 721. The molecule has 1 saturated heterocycles. The number of ether oxygens (including phenoxy) is 1. The topological polar surface area (TPSA) is 58.8 Å². The zero-order valence-corrected chi connectivity index (χ0v) is 17.3. The number of nitrogens with zero attached hydrogens (tertiary/aromatic N) is 1. The van der Waals surface area contributed by atoms with Crippen molar-refractivity contribution in [3.05, 3.63) is 46.5 Å². The molecular weight excluding hydrogens is 370 g/mol. The minimum atomic E-state index is 0.117. The third kappa shape index (κ3) is 5.39. The average Bonchev–Trinajstić information content (AvgIpc) is 3.45. The van der Waals surface area contributed by atoms with Gasteiger partial charge in [-0.1, -0.05) is 18.9 Å². The largest absolute Gasteiger partial charge is 0.469 e. The third-order valence-electron chi connectivity index (χ3n) is 5.80. The van der Waals surface area contributed by atoms with Gasteiger partial charge < -0.3 is 19.8 Å². The first-order valence-corrected chi connectivity index (χ1v) is 11.4. The number of thiophene rings is 1. The van der Waals surface area contributed by atoms with E-state index in [9.17, 15) is 0 Å². The molecule has 4 rings (SSSR count). The van der Waals surface area contributed by atoms with Gasteiger partial charge in [0, 0.05) is 43.5 Å². The van der Waals surface area contributed by atoms with Crippen molar-refractivity contribution in [3.8, 4) is 0 Å². The van der Waals surface area contributed by atoms with Crippen molar-refractivity contribution in [2.24, 2.45) is 4.99 Å². The maximum atomic E-state index is 6.19. The summed E-state index contributed by atoms with van der Waals surface area (Å²) >= 11 is 1.80. The SMILES string of the molecule is c1coc(CCNC(=NCCc2cccs2)NC2CCOC3(CCCC3)C2)c1. The van der Waals surface area contributed by atoms with Crippen LogP contribution in [-0.2, 0) is 17.6 Å². The quantitative estimate of drug-likeness (QED) is 0.540. The number of guanidine groups is 1. The lowest BCUT2D eigenvalue weighted by atomic mass is 9.89. The Morgan fingerprint density at radius 3 is 2.93 bits per heavy atom. The van der Waals surface area contributed by atoms with Crippen molar-refractivity contribution >= 4 is 17.3 Å². The van der Waals surface area contributed by atoms with Gasteiger partial charge in [-0.05, 0) is 49.3 Å². The van der Waals surface area contributed by atoms with E-state index >= 15 is 0 Å². The maximum Gasteiger partial charge on any atom is 0.191 e. The summed E-state index contributed by atoms with van der Waals surface area (Å²) in [6.45, 7) is 2.46. The standard InChI is InChI=1S/C22H31N3O2S/c1-2-11-22(10-1)17-18(9-15-27-22)25-21(23-12-7-19-5-3-14-26-19)24-13-8-20-6-4-16-28-20/h3-6,14,16,18H,1-2,7-13,15,17H2,(H2,23,24,25). The van der Waals surface area contributed by atoms with E-state index in [-0.39, 0.29) is 5.60 Å². The van der Waals surface area contributed by atoms with Gasteiger partial charge in [-0.15, -0.1) is 11.3 Å². The van der Waals surface area contributed by atoms with Crippen LogP contribution in [0.5, 0.6) is 0 Å². The lowest BCUT2D eigenvalue weighted by Crippen LogP contribution is -2.51. The van der Waals surface area contributed by atoms with Crippen LogP contribution in [0.1, 0.15) is 49.2 Å². The van der Waals surface area contributed by atoms with Crippen molar-refractivity contribution in [2.45, 2.75) is 63.0 Å². The van der Waals surface area contributed by atoms with Crippen LogP contribution >= 0.6 is 11.3 Å². The number of hydrogen-bond acceptors (Lipinski definition) is 4. The summed E-state index contributed by atoms with van der Waals surface area (Å²) in [5.74, 6) is 1.92. The zero-order chi connectivity index (χ0) is 19.1. The molecule has 0 radical (unpaired) electrons. The Hall–Kier alpha value is -1.79. The van der Waals surface area contributed by atoms with Crippen molar-refractivity contribution in [1.82, 2.24) is 10.6 Å². The molecule has 2 aromatic heterocycles. The van der Waals surface area contributed by atoms with Crippen molar-refractivity contribution < 1.29 is 9.15 Å². The van der Waals surface area contributed by atoms with Crippen LogP contribution in [0.15, 0.2) is 45.3 Å². The average molecular weight is 402 g/mol. The first-order valence-electron chi connectivity index (χ1n) is 10.5. The van der Waals surface area contributed by atoms with E-state index in [1.54, 1.807) is 17.6 Å². The van der Waals surface area contributed by atoms with E-state index in [0.717, 1.165) is 57.1 Å². The molecule has 1 saturated carbocycles. The van der Waals surface area contributed by atoms with E-state index < -0.39 is 0 Å². The Labute approximate surface area is 171 Å². The summed E-state index contributed by atoms with van der Waals surface area (Å²) < 4.78 is 11.6. The highest BCUT2D eigenvalue weighted by Crippen LogP contribution is 2.39. The van der Waals surface area contributed by atoms with E-state index in [1.807, 2.05) is 12.1 Å². The molecule has 152 valence electrons. The predicted molar refractivity (Wildman–Crippen MR) is 114 cm³/mol. The zero-order valence-electron chi connectivity index (χ0n) is 16.5. The van der Waals surface area contributed by atoms with Crippen LogP contribution in [0.25, 0.3) is 0 Å². The number of aliphatic imine (C=N–C) groups is 1. The molecule has 0 aromatic carbocycles. The number of furan rings is 1. The molecule has 28 heavy (non-hydrogen) atoms. The van der Waals surface area contributed by atoms with Gasteiger partial charge in [0.2, 0.25) is 0 Å². The lowest BCUT2D eigenvalue weighted by Gasteiger charge is -2.39. The number of nitrogens with one attached hydrogen (secondary N) is 2. The molecule has 3 heterocycles. The smallest absolute Gasteiger partial charge is 0.191 e. The predicted octanol–water partition coefficient (Wildman–Crippen LogP) is 4.15. The summed E-state index contributed by atoms with van der Waals surface area (Å²) in [7, 11) is 0. The van der Waals surface area contributed by atoms with Gasteiger partial charge in [-0.2, -0.15) is 0 Å². The van der Waals surface area contributed by atoms with E-state index in [2.05, 4.69) is 28.1 Å². The van der Waals surface area contributed by atoms with E-state index in [4.69, 9.17) is 14.1 Å². The lowest BCUT2D eigenvalue weighted by molar-refractivity contribution is -0.0815. The maximum absolute atomic E-state index is 6.19. The van der Waals surface area contributed by atoms with E-state index in [1.165, 1.54) is 30.6 Å². The molecule has 0 amide bonds. The van der Waals surface area contributed by atoms with Crippen LogP contribution in [-0.4, -0.2) is 37.3 Å². The summed E-state index contributed by atoms with van der Waals surface area (Å²) in [6.07, 6.45) is 10.7. The van der Waals surface area contributed by atoms with Gasteiger partial charge >= 0.3 is 0 Å². The molecule has 1 aliphatic carbocycles. The van der Waals surface area contributed by atoms with Crippen LogP contribution in [0.2, 0.25) is 0 Å². The summed E-state index contributed by atoms with van der Waals surface area (Å²) in [6, 6.07) is 8.68. The molecule has 1 unspecified atom stereocenters. The molecule has 1 spiro atoms. The normalized spacial score (nSPS) is 21.9. The van der Waals surface area contributed by atoms with Gasteiger partial charge in [0.25, 0.3) is 0 Å². The van der Waals surface area contributed by atoms with Crippen molar-refractivity contribution in [3.63, 3.8) is 0 Å². The van der Waals surface area contributed by atoms with Gasteiger partial charge in [0.05, 0.1) is 11.9 Å². The Balaban J connectivity index is 1.33. The fraction of sp³-hybridized carbons (Fsp3) is 0.591. The fourth-order valence-electron chi connectivity index (χ4n) is 4.36. The molecule has 5 nitrogen and oxygen atoms in total. The Morgan fingerprint density at radius 1 is 1.21 bits per heavy atom. The van der Waals surface area contributed by atoms with Crippen LogP contribution in [0.3, 0.4) is 0 Å². The third-order valence-corrected chi connectivity index (χ3v) is 6.74. The van der Waals surface area contributed by atoms with Crippen LogP contribution in [0.4, 0.5) is 0 Å². The van der Waals surface area contributed by atoms with Gasteiger partial charge in [-0.3, -0.25) is 4.99 Å². The van der Waals surface area contributed by atoms with Crippen molar-refractivity contribution in [1.29, 1.82) is 0 Å². The molecule has 6 heteroatoms. The second-order valence-electron chi connectivity index (χ2n) is 7.89. The number of hydrogen-bond donors (Lipinski definition) is 2. The Kier molecular flexibility index (Phi) is 6.70. The molecule has 2 aromatic rings. The molecular formula is C22H31N3O2S. The summed E-state index contributed by atoms with van der Waals surface area (Å²) in [5, 5.41) is 9.33. The highest BCUT2D eigenvalue weighted by atomic mass is 32.1. The van der Waals surface area contributed by atoms with Crippen LogP contribution in [0, 0.1) is 0 Å². The van der Waals surface area contributed by atoms with Gasteiger partial charge in [0.1, 0.15) is 5.76 Å². The minimum absolute atomic E-state index is 0.117. The highest BCUT2D eigenvalue weighted by molar-refractivity contribution is 7.09. The first kappa shape index (κ1) is 19.5. The summed E-state index contributed by atoms with van der Waals surface area (Å²) in [4.78, 5) is 6.24. The van der Waals surface area contributed by atoms with Crippen LogP contribution < -0.4 is 10.6 Å². The molecule has 1 aliphatic heterocycles. The second kappa shape index (κ2) is 9.61. The van der Waals surface area contributed by atoms with Gasteiger partial charge in [0.15, 0.2) is 5.96 Å². The monoisotopic (exact) mass is 401 g/mol. The Morgan fingerprint density at radius 2 is 2.14 bits per heavy atom. The van der Waals surface area contributed by atoms with Gasteiger partial charge in [-0.25, -0.2) is 0 Å². The molecule has 2 N–H and O–H groups in total. The molecule has 0 bridgehead atoms. The minimum Gasteiger partial charge on any atom is -0.469 e. The fourth-order valence-corrected chi connectivity index (χ4v) is 5.05. The first-order chi connectivity index (χ1) is 13.8. The molecule has 2 fully saturated rings.